The molecule has 0 bridgehead atoms. The summed E-state index contributed by atoms with van der Waals surface area (Å²) in [6.45, 7) is 0.541. The third kappa shape index (κ3) is 2.81. The van der Waals surface area contributed by atoms with Crippen LogP contribution in [0.5, 0.6) is 5.75 Å². The van der Waals surface area contributed by atoms with Crippen molar-refractivity contribution < 1.29 is 4.74 Å². The number of anilines is 1. The first kappa shape index (κ1) is 13.1. The number of hydrogen-bond donors (Lipinski definition) is 2. The Morgan fingerprint density at radius 3 is 2.33 bits per heavy atom. The number of hydrogen-bond acceptors (Lipinski definition) is 4. The van der Waals surface area contributed by atoms with Crippen LogP contribution in [0.3, 0.4) is 0 Å². The van der Waals surface area contributed by atoms with E-state index < -0.39 is 0 Å². The lowest BCUT2D eigenvalue weighted by molar-refractivity contribution is 0.306. The predicted molar refractivity (Wildman–Crippen MR) is 83.0 cm³/mol. The Labute approximate surface area is 122 Å². The fraction of sp³-hybridized carbons (Fsp3) is 0.0625. The molecule has 0 saturated carbocycles. The van der Waals surface area contributed by atoms with Gasteiger partial charge >= 0.3 is 0 Å². The lowest BCUT2D eigenvalue weighted by Crippen LogP contribution is -2.09. The minimum Gasteiger partial charge on any atom is -0.489 e. The molecule has 0 aliphatic heterocycles. The van der Waals surface area contributed by atoms with Gasteiger partial charge in [-0.05, 0) is 29.8 Å². The summed E-state index contributed by atoms with van der Waals surface area (Å²) in [5, 5.41) is 0. The molecule has 0 amide bonds. The van der Waals surface area contributed by atoms with Crippen LogP contribution >= 0.6 is 0 Å². The molecule has 21 heavy (non-hydrogen) atoms. The molecule has 0 unspecified atom stereocenters. The van der Waals surface area contributed by atoms with Crippen LogP contribution in [-0.4, -0.2) is 9.66 Å². The van der Waals surface area contributed by atoms with Gasteiger partial charge in [-0.15, -0.1) is 0 Å². The summed E-state index contributed by atoms with van der Waals surface area (Å²) in [7, 11) is 0. The van der Waals surface area contributed by atoms with E-state index in [4.69, 9.17) is 16.3 Å². The molecule has 5 nitrogen and oxygen atoms in total. The van der Waals surface area contributed by atoms with Gasteiger partial charge in [0.2, 0.25) is 0 Å². The third-order valence-electron chi connectivity index (χ3n) is 3.21. The topological polar surface area (TPSA) is 79.1 Å². The molecule has 0 radical (unpaired) electrons. The van der Waals surface area contributed by atoms with Crippen molar-refractivity contribution in [2.45, 2.75) is 6.61 Å². The highest BCUT2D eigenvalue weighted by molar-refractivity contribution is 5.70. The summed E-state index contributed by atoms with van der Waals surface area (Å²) in [6.07, 6.45) is 1.49. The first-order valence-corrected chi connectivity index (χ1v) is 6.59. The van der Waals surface area contributed by atoms with E-state index in [1.165, 1.54) is 11.0 Å². The molecule has 0 aliphatic rings. The van der Waals surface area contributed by atoms with Crippen molar-refractivity contribution in [2.75, 3.05) is 11.6 Å². The van der Waals surface area contributed by atoms with Gasteiger partial charge in [-0.2, -0.15) is 0 Å². The molecule has 0 saturated heterocycles. The third-order valence-corrected chi connectivity index (χ3v) is 3.21. The second-order valence-electron chi connectivity index (χ2n) is 4.68. The van der Waals surface area contributed by atoms with Crippen LogP contribution in [0.4, 0.5) is 5.82 Å². The number of ether oxygens (including phenoxy) is 1. The highest BCUT2D eigenvalue weighted by Crippen LogP contribution is 2.25. The van der Waals surface area contributed by atoms with Crippen molar-refractivity contribution >= 4 is 5.82 Å². The standard InChI is InChI=1S/C16H16N4O/c17-16-15(19-11-20(16)18)13-6-8-14(9-7-13)21-10-12-4-2-1-3-5-12/h1-9,11H,10,17-18H2. The molecule has 0 fully saturated rings. The first-order chi connectivity index (χ1) is 10.2. The number of benzene rings is 2. The minimum atomic E-state index is 0.438. The maximum absolute atomic E-state index is 5.85. The maximum Gasteiger partial charge on any atom is 0.150 e. The molecule has 0 spiro atoms. The Morgan fingerprint density at radius 2 is 1.71 bits per heavy atom. The zero-order chi connectivity index (χ0) is 14.7. The number of rotatable bonds is 4. The Balaban J connectivity index is 1.71. The molecule has 3 rings (SSSR count). The predicted octanol–water partition coefficient (Wildman–Crippen LogP) is 2.43. The molecule has 106 valence electrons. The van der Waals surface area contributed by atoms with Crippen LogP contribution in [0.2, 0.25) is 0 Å². The minimum absolute atomic E-state index is 0.438. The van der Waals surface area contributed by atoms with E-state index in [1.54, 1.807) is 0 Å². The molecule has 3 aromatic rings. The van der Waals surface area contributed by atoms with Crippen LogP contribution in [-0.2, 0) is 6.61 Å². The average molecular weight is 280 g/mol. The summed E-state index contributed by atoms with van der Waals surface area (Å²) >= 11 is 0. The Bertz CT molecular complexity index is 720. The molecule has 2 aromatic carbocycles. The van der Waals surface area contributed by atoms with Crippen molar-refractivity contribution in [1.82, 2.24) is 9.66 Å². The summed E-state index contributed by atoms with van der Waals surface area (Å²) < 4.78 is 7.04. The lowest BCUT2D eigenvalue weighted by atomic mass is 10.1. The molecule has 1 heterocycles. The van der Waals surface area contributed by atoms with Gasteiger partial charge in [0.1, 0.15) is 30.2 Å². The monoisotopic (exact) mass is 280 g/mol. The number of imidazole rings is 1. The Hall–Kier alpha value is -2.95. The molecule has 1 aromatic heterocycles. The van der Waals surface area contributed by atoms with Gasteiger partial charge in [0.25, 0.3) is 0 Å². The van der Waals surface area contributed by atoms with Crippen molar-refractivity contribution in [2.24, 2.45) is 0 Å². The normalized spacial score (nSPS) is 10.5. The van der Waals surface area contributed by atoms with Crippen LogP contribution in [0.1, 0.15) is 5.56 Å². The molecular weight excluding hydrogens is 264 g/mol. The summed E-state index contributed by atoms with van der Waals surface area (Å²) in [6, 6.07) is 17.7. The second kappa shape index (κ2) is 5.58. The summed E-state index contributed by atoms with van der Waals surface area (Å²) in [5.41, 5.74) is 8.56. The lowest BCUT2D eigenvalue weighted by Gasteiger charge is -2.07. The van der Waals surface area contributed by atoms with E-state index in [0.29, 0.717) is 18.1 Å². The van der Waals surface area contributed by atoms with Crippen molar-refractivity contribution in [3.8, 4) is 17.0 Å². The summed E-state index contributed by atoms with van der Waals surface area (Å²) in [4.78, 5) is 4.18. The van der Waals surface area contributed by atoms with Gasteiger partial charge in [-0.3, -0.25) is 0 Å². The highest BCUT2D eigenvalue weighted by atomic mass is 16.5. The molecule has 5 heteroatoms. The number of nitrogens with zero attached hydrogens (tertiary/aromatic N) is 2. The molecular formula is C16H16N4O. The summed E-state index contributed by atoms with van der Waals surface area (Å²) in [5.74, 6) is 6.86. The zero-order valence-electron chi connectivity index (χ0n) is 11.4. The van der Waals surface area contributed by atoms with Gasteiger partial charge in [-0.25, -0.2) is 9.66 Å². The van der Waals surface area contributed by atoms with Crippen LogP contribution < -0.4 is 16.3 Å². The van der Waals surface area contributed by atoms with Gasteiger partial charge in [0.15, 0.2) is 0 Å². The zero-order valence-corrected chi connectivity index (χ0v) is 11.4. The first-order valence-electron chi connectivity index (χ1n) is 6.59. The second-order valence-corrected chi connectivity index (χ2v) is 4.68. The van der Waals surface area contributed by atoms with Crippen LogP contribution in [0.15, 0.2) is 60.9 Å². The van der Waals surface area contributed by atoms with Gasteiger partial charge < -0.3 is 16.3 Å². The van der Waals surface area contributed by atoms with E-state index in [9.17, 15) is 0 Å². The van der Waals surface area contributed by atoms with E-state index in [2.05, 4.69) is 4.98 Å². The van der Waals surface area contributed by atoms with Gasteiger partial charge in [0, 0.05) is 5.56 Å². The molecule has 0 aliphatic carbocycles. The fourth-order valence-corrected chi connectivity index (χ4v) is 2.04. The number of aromatic nitrogens is 2. The number of nitrogens with two attached hydrogens (primary N) is 2. The average Bonchev–Trinajstić information content (AvgIpc) is 2.87. The highest BCUT2D eigenvalue weighted by Gasteiger charge is 2.08. The number of nitrogen functional groups attached to an aromatic ring is 2. The SMILES string of the molecule is Nc1c(-c2ccc(OCc3ccccc3)cc2)ncn1N. The quantitative estimate of drug-likeness (QED) is 0.719. The van der Waals surface area contributed by atoms with E-state index in [-0.39, 0.29) is 0 Å². The van der Waals surface area contributed by atoms with Crippen molar-refractivity contribution in [3.63, 3.8) is 0 Å². The van der Waals surface area contributed by atoms with E-state index >= 15 is 0 Å². The smallest absolute Gasteiger partial charge is 0.150 e. The van der Waals surface area contributed by atoms with Gasteiger partial charge in [-0.1, -0.05) is 30.3 Å². The van der Waals surface area contributed by atoms with Crippen LogP contribution in [0.25, 0.3) is 11.3 Å². The van der Waals surface area contributed by atoms with E-state index in [0.717, 1.165) is 16.9 Å². The van der Waals surface area contributed by atoms with Gasteiger partial charge in [0.05, 0.1) is 0 Å². The molecule has 4 N–H and O–H groups in total. The van der Waals surface area contributed by atoms with Crippen molar-refractivity contribution in [3.05, 3.63) is 66.5 Å². The van der Waals surface area contributed by atoms with E-state index in [1.807, 2.05) is 54.6 Å². The Morgan fingerprint density at radius 1 is 1.00 bits per heavy atom. The maximum atomic E-state index is 5.85. The Kier molecular flexibility index (Phi) is 3.47. The largest absolute Gasteiger partial charge is 0.489 e. The molecule has 0 atom stereocenters. The van der Waals surface area contributed by atoms with Crippen LogP contribution in [0, 0.1) is 0 Å². The fourth-order valence-electron chi connectivity index (χ4n) is 2.04. The van der Waals surface area contributed by atoms with Crippen molar-refractivity contribution in [1.29, 1.82) is 0 Å².